The molecule has 2 aromatic heterocycles. The number of aromatic nitrogens is 3. The van der Waals surface area contributed by atoms with Crippen LogP contribution in [-0.4, -0.2) is 74.3 Å². The Kier molecular flexibility index (Phi) is 12.5. The normalized spacial score (nSPS) is 12.3. The lowest BCUT2D eigenvalue weighted by atomic mass is 10.2. The molecule has 0 N–H and O–H groups in total. The molecule has 0 saturated heterocycles. The number of esters is 1. The summed E-state index contributed by atoms with van der Waals surface area (Å²) >= 11 is 6.76. The van der Waals surface area contributed by atoms with Gasteiger partial charge < -0.3 is 23.5 Å². The molecule has 4 rings (SSSR count). The molecule has 0 radical (unpaired) electrons. The van der Waals surface area contributed by atoms with Gasteiger partial charge in [0.15, 0.2) is 5.82 Å². The summed E-state index contributed by atoms with van der Waals surface area (Å²) in [6.07, 6.45) is 2.84. The van der Waals surface area contributed by atoms with Crippen molar-refractivity contribution in [3.63, 3.8) is 0 Å². The summed E-state index contributed by atoms with van der Waals surface area (Å²) in [7, 11) is -2.67. The number of ether oxygens (including phenoxy) is 4. The average Bonchev–Trinajstić information content (AvgIpc) is 3.45. The van der Waals surface area contributed by atoms with Crippen LogP contribution in [0.25, 0.3) is 22.8 Å². The average molecular weight is 747 g/mol. The summed E-state index contributed by atoms with van der Waals surface area (Å²) in [4.78, 5) is 21.7. The van der Waals surface area contributed by atoms with Gasteiger partial charge in [0, 0.05) is 44.6 Å². The molecule has 0 bridgehead atoms. The first-order valence-corrected chi connectivity index (χ1v) is 21.4. The third kappa shape index (κ3) is 10.4. The fourth-order valence-electron chi connectivity index (χ4n) is 4.83. The van der Waals surface area contributed by atoms with Crippen LogP contribution in [0.3, 0.4) is 0 Å². The lowest BCUT2D eigenvalue weighted by molar-refractivity contribution is -0.155. The molecule has 50 heavy (non-hydrogen) atoms. The Labute approximate surface area is 299 Å². The molecule has 15 heteroatoms. The summed E-state index contributed by atoms with van der Waals surface area (Å²) < 4.78 is 67.0. The van der Waals surface area contributed by atoms with E-state index in [9.17, 15) is 17.6 Å². The van der Waals surface area contributed by atoms with Gasteiger partial charge >= 0.3 is 5.97 Å². The Hall–Kier alpha value is -3.82. The molecule has 0 aliphatic heterocycles. The molecule has 0 atom stereocenters. The Balaban J connectivity index is 1.70. The van der Waals surface area contributed by atoms with Crippen molar-refractivity contribution in [2.75, 3.05) is 27.4 Å². The second-order valence-electron chi connectivity index (χ2n) is 13.8. The number of rotatable bonds is 15. The van der Waals surface area contributed by atoms with Crippen LogP contribution in [-0.2, 0) is 37.6 Å². The third-order valence-electron chi connectivity index (χ3n) is 7.38. The summed E-state index contributed by atoms with van der Waals surface area (Å²) in [6, 6.07) is 13.0. The van der Waals surface area contributed by atoms with Crippen LogP contribution < -0.4 is 9.47 Å². The van der Waals surface area contributed by atoms with Gasteiger partial charge in [0.1, 0.15) is 41.9 Å². The number of imidazole rings is 1. The summed E-state index contributed by atoms with van der Waals surface area (Å²) in [5, 5.41) is 0.105. The van der Waals surface area contributed by atoms with Crippen LogP contribution >= 0.6 is 11.6 Å². The highest BCUT2D eigenvalue weighted by Gasteiger charge is 2.31. The monoisotopic (exact) mass is 746 g/mol. The number of hydrogen-bond acceptors (Lipinski definition) is 9. The maximum Gasteiger partial charge on any atom is 0.321 e. The van der Waals surface area contributed by atoms with Crippen molar-refractivity contribution in [1.82, 2.24) is 18.8 Å². The molecule has 2 heterocycles. The SMILES string of the molecule is COc1ccc(CN(CC(=O)OC(C)(C)C)S(=O)(=O)c2ccc(-c3cn(COCC[Si](C)(C)C)c(-c4ccc(F)cn4)n3)c(Cl)c2)c(OC)c1. The molecule has 0 amide bonds. The smallest absolute Gasteiger partial charge is 0.321 e. The molecule has 0 unspecified atom stereocenters. The van der Waals surface area contributed by atoms with E-state index in [0.29, 0.717) is 46.4 Å². The zero-order valence-corrected chi connectivity index (χ0v) is 32.2. The minimum atomic E-state index is -4.32. The number of hydrogen-bond donors (Lipinski definition) is 0. The standard InChI is InChI=1S/C35H44ClFN4O7SSi/c1-35(2,3)48-33(42)22-41(20-24-9-11-26(45-4)17-32(24)46-5)49(43,44)27-12-13-28(29(36)18-27)31-21-40(23-47-15-16-50(6,7)8)34(39-31)30-14-10-25(37)19-38-30/h9-14,17-19,21H,15-16,20,22-23H2,1-8H3. The maximum atomic E-state index is 14.2. The Morgan fingerprint density at radius 2 is 1.76 bits per heavy atom. The molecule has 0 spiro atoms. The van der Waals surface area contributed by atoms with Crippen LogP contribution in [0.4, 0.5) is 4.39 Å². The topological polar surface area (TPSA) is 122 Å². The van der Waals surface area contributed by atoms with E-state index in [2.05, 4.69) is 24.6 Å². The molecule has 4 aromatic rings. The van der Waals surface area contributed by atoms with Gasteiger partial charge in [-0.2, -0.15) is 4.31 Å². The zero-order valence-electron chi connectivity index (χ0n) is 29.6. The van der Waals surface area contributed by atoms with Crippen LogP contribution in [0.15, 0.2) is 65.8 Å². The first-order valence-electron chi connectivity index (χ1n) is 15.9. The molecule has 270 valence electrons. The van der Waals surface area contributed by atoms with Crippen molar-refractivity contribution in [3.05, 3.63) is 77.3 Å². The van der Waals surface area contributed by atoms with E-state index in [1.54, 1.807) is 55.8 Å². The van der Waals surface area contributed by atoms with E-state index in [-0.39, 0.29) is 23.2 Å². The highest BCUT2D eigenvalue weighted by atomic mass is 35.5. The van der Waals surface area contributed by atoms with Crippen molar-refractivity contribution < 1.29 is 36.6 Å². The molecule has 2 aromatic carbocycles. The number of carbonyl (C=O) groups excluding carboxylic acids is 1. The van der Waals surface area contributed by atoms with E-state index in [1.165, 1.54) is 38.5 Å². The Morgan fingerprint density at radius 3 is 2.36 bits per heavy atom. The summed E-state index contributed by atoms with van der Waals surface area (Å²) in [5.74, 6) is 0.125. The molecule has 0 aliphatic carbocycles. The van der Waals surface area contributed by atoms with Crippen molar-refractivity contribution in [1.29, 1.82) is 0 Å². The Bertz CT molecular complexity index is 1910. The van der Waals surface area contributed by atoms with Gasteiger partial charge in [-0.15, -0.1) is 0 Å². The molecule has 0 fully saturated rings. The number of methoxy groups -OCH3 is 2. The quantitative estimate of drug-likeness (QED) is 0.0703. The van der Waals surface area contributed by atoms with Gasteiger partial charge in [-0.1, -0.05) is 37.3 Å². The predicted octanol–water partition coefficient (Wildman–Crippen LogP) is 7.27. The fraction of sp³-hybridized carbons (Fsp3) is 0.400. The molecule has 11 nitrogen and oxygen atoms in total. The van der Waals surface area contributed by atoms with Gasteiger partial charge in [0.2, 0.25) is 10.0 Å². The van der Waals surface area contributed by atoms with Crippen LogP contribution in [0.5, 0.6) is 11.5 Å². The highest BCUT2D eigenvalue weighted by molar-refractivity contribution is 7.89. The minimum absolute atomic E-state index is 0.105. The van der Waals surface area contributed by atoms with E-state index in [0.717, 1.165) is 16.5 Å². The second kappa shape index (κ2) is 16.0. The van der Waals surface area contributed by atoms with E-state index in [4.69, 9.17) is 35.5 Å². The first kappa shape index (κ1) is 39.0. The van der Waals surface area contributed by atoms with Crippen molar-refractivity contribution in [2.45, 2.75) is 70.2 Å². The first-order chi connectivity index (χ1) is 23.4. The van der Waals surface area contributed by atoms with Crippen molar-refractivity contribution in [2.24, 2.45) is 0 Å². The van der Waals surface area contributed by atoms with Crippen LogP contribution in [0.1, 0.15) is 26.3 Å². The molecule has 0 saturated carbocycles. The number of carbonyl (C=O) groups is 1. The van der Waals surface area contributed by atoms with Crippen molar-refractivity contribution >= 4 is 35.7 Å². The number of sulfonamides is 1. The van der Waals surface area contributed by atoms with Crippen LogP contribution in [0.2, 0.25) is 30.7 Å². The van der Waals surface area contributed by atoms with Gasteiger partial charge in [0.25, 0.3) is 0 Å². The number of nitrogens with zero attached hydrogens (tertiary/aromatic N) is 4. The summed E-state index contributed by atoms with van der Waals surface area (Å²) in [5.41, 5.74) is 0.976. The van der Waals surface area contributed by atoms with E-state index >= 15 is 0 Å². The number of benzene rings is 2. The van der Waals surface area contributed by atoms with Gasteiger partial charge in [-0.05, 0) is 63.2 Å². The summed E-state index contributed by atoms with van der Waals surface area (Å²) in [6.45, 7) is 11.9. The van der Waals surface area contributed by atoms with Crippen LogP contribution in [0, 0.1) is 5.82 Å². The van der Waals surface area contributed by atoms with Gasteiger partial charge in [-0.25, -0.2) is 22.8 Å². The number of halogens is 2. The van der Waals surface area contributed by atoms with E-state index in [1.807, 2.05) is 0 Å². The molecular formula is C35H44ClFN4O7SSi. The van der Waals surface area contributed by atoms with Gasteiger partial charge in [0.05, 0.1) is 36.0 Å². The van der Waals surface area contributed by atoms with Gasteiger partial charge in [-0.3, -0.25) is 4.79 Å². The van der Waals surface area contributed by atoms with Crippen molar-refractivity contribution in [3.8, 4) is 34.3 Å². The second-order valence-corrected chi connectivity index (χ2v) is 21.8. The maximum absolute atomic E-state index is 14.2. The van der Waals surface area contributed by atoms with E-state index < -0.39 is 42.0 Å². The highest BCUT2D eigenvalue weighted by Crippen LogP contribution is 2.34. The lowest BCUT2D eigenvalue weighted by Crippen LogP contribution is -2.38. The Morgan fingerprint density at radius 1 is 1.02 bits per heavy atom. The third-order valence-corrected chi connectivity index (χ3v) is 11.2. The minimum Gasteiger partial charge on any atom is -0.497 e. The lowest BCUT2D eigenvalue weighted by Gasteiger charge is -2.25. The molecule has 0 aliphatic rings. The zero-order chi connectivity index (χ0) is 36.9. The number of pyridine rings is 1. The largest absolute Gasteiger partial charge is 0.497 e. The predicted molar refractivity (Wildman–Crippen MR) is 193 cm³/mol. The molecular weight excluding hydrogens is 703 g/mol. The fourth-order valence-corrected chi connectivity index (χ4v) is 7.32.